The number of hydrogen-bond donors (Lipinski definition) is 2. The number of hydrogen-bond acceptors (Lipinski definition) is 4. The monoisotopic (exact) mass is 332 g/mol. The summed E-state index contributed by atoms with van der Waals surface area (Å²) in [6.45, 7) is 2.06. The number of aromatic nitrogens is 1. The minimum absolute atomic E-state index is 0.0153. The second-order valence-electron chi connectivity index (χ2n) is 6.65. The van der Waals surface area contributed by atoms with E-state index in [0.29, 0.717) is 17.1 Å². The third-order valence-electron chi connectivity index (χ3n) is 4.76. The highest BCUT2D eigenvalue weighted by molar-refractivity contribution is 5.78. The Balaban J connectivity index is 1.62. The van der Waals surface area contributed by atoms with Gasteiger partial charge in [-0.3, -0.25) is 4.79 Å². The van der Waals surface area contributed by atoms with Gasteiger partial charge in [0, 0.05) is 17.0 Å². The largest absolute Gasteiger partial charge is 0.444 e. The molecule has 1 saturated carbocycles. The zero-order chi connectivity index (χ0) is 17.2. The van der Waals surface area contributed by atoms with Crippen molar-refractivity contribution in [2.45, 2.75) is 38.6 Å². The fourth-order valence-corrected chi connectivity index (χ4v) is 3.19. The zero-order valence-electron chi connectivity index (χ0n) is 13.6. The summed E-state index contributed by atoms with van der Waals surface area (Å²) in [6.07, 6.45) is 4.34. The molecule has 3 rings (SSSR count). The Kier molecular flexibility index (Phi) is 4.66. The average molecular weight is 332 g/mol. The Morgan fingerprint density at radius 1 is 1.46 bits per heavy atom. The first-order valence-electron chi connectivity index (χ1n) is 8.11. The molecule has 5 nitrogen and oxygen atoms in total. The molecule has 128 valence electrons. The van der Waals surface area contributed by atoms with Crippen LogP contribution < -0.4 is 5.32 Å². The molecular formula is C18H21FN2O3. The lowest BCUT2D eigenvalue weighted by Gasteiger charge is -2.30. The number of rotatable bonds is 5. The molecule has 24 heavy (non-hydrogen) atoms. The second kappa shape index (κ2) is 6.73. The summed E-state index contributed by atoms with van der Waals surface area (Å²) in [4.78, 5) is 16.5. The Labute approximate surface area is 139 Å². The maximum absolute atomic E-state index is 12.9. The third kappa shape index (κ3) is 3.48. The number of oxazole rings is 1. The number of nitrogens with one attached hydrogen (secondary N) is 1. The molecule has 1 amide bonds. The van der Waals surface area contributed by atoms with E-state index in [0.717, 1.165) is 19.3 Å². The van der Waals surface area contributed by atoms with Gasteiger partial charge in [0.2, 0.25) is 11.8 Å². The predicted molar refractivity (Wildman–Crippen MR) is 86.6 cm³/mol. The SMILES string of the molecule is CC1(CO)CCCC1NC(=O)Cc1coc(-c2ccc(F)cc2)n1. The van der Waals surface area contributed by atoms with E-state index in [1.165, 1.54) is 18.4 Å². The maximum Gasteiger partial charge on any atom is 0.226 e. The lowest BCUT2D eigenvalue weighted by atomic mass is 9.86. The van der Waals surface area contributed by atoms with Crippen molar-refractivity contribution in [1.82, 2.24) is 10.3 Å². The van der Waals surface area contributed by atoms with E-state index in [1.54, 1.807) is 12.1 Å². The lowest BCUT2D eigenvalue weighted by molar-refractivity contribution is -0.122. The Morgan fingerprint density at radius 3 is 2.92 bits per heavy atom. The number of carbonyl (C=O) groups excluding carboxylic acids is 1. The van der Waals surface area contributed by atoms with Crippen molar-refractivity contribution < 1.29 is 18.7 Å². The zero-order valence-corrected chi connectivity index (χ0v) is 13.6. The third-order valence-corrected chi connectivity index (χ3v) is 4.76. The van der Waals surface area contributed by atoms with E-state index < -0.39 is 0 Å². The van der Waals surface area contributed by atoms with E-state index in [-0.39, 0.29) is 36.2 Å². The number of amides is 1. The van der Waals surface area contributed by atoms with Crippen LogP contribution in [0, 0.1) is 11.2 Å². The van der Waals surface area contributed by atoms with Gasteiger partial charge in [-0.25, -0.2) is 9.37 Å². The van der Waals surface area contributed by atoms with Crippen LogP contribution in [0.3, 0.4) is 0 Å². The van der Waals surface area contributed by atoms with Crippen LogP contribution in [0.1, 0.15) is 31.9 Å². The van der Waals surface area contributed by atoms with Gasteiger partial charge in [-0.1, -0.05) is 13.3 Å². The van der Waals surface area contributed by atoms with Crippen molar-refractivity contribution >= 4 is 5.91 Å². The smallest absolute Gasteiger partial charge is 0.226 e. The summed E-state index contributed by atoms with van der Waals surface area (Å²) in [7, 11) is 0. The summed E-state index contributed by atoms with van der Waals surface area (Å²) in [5.74, 6) is -0.104. The number of aliphatic hydroxyl groups is 1. The number of benzene rings is 1. The number of carbonyl (C=O) groups is 1. The van der Waals surface area contributed by atoms with Crippen molar-refractivity contribution in [3.63, 3.8) is 0 Å². The van der Waals surface area contributed by atoms with Crippen LogP contribution in [0.4, 0.5) is 4.39 Å². The number of aliphatic hydroxyl groups excluding tert-OH is 1. The van der Waals surface area contributed by atoms with Crippen molar-refractivity contribution in [1.29, 1.82) is 0 Å². The molecule has 1 fully saturated rings. The van der Waals surface area contributed by atoms with Crippen molar-refractivity contribution in [2.24, 2.45) is 5.41 Å². The first kappa shape index (κ1) is 16.6. The summed E-state index contributed by atoms with van der Waals surface area (Å²) < 4.78 is 18.3. The molecule has 6 heteroatoms. The first-order chi connectivity index (χ1) is 11.5. The summed E-state index contributed by atoms with van der Waals surface area (Å²) in [6, 6.07) is 5.81. The van der Waals surface area contributed by atoms with Gasteiger partial charge in [-0.05, 0) is 37.1 Å². The highest BCUT2D eigenvalue weighted by atomic mass is 19.1. The molecule has 2 aromatic rings. The predicted octanol–water partition coefficient (Wildman–Crippen LogP) is 2.69. The van der Waals surface area contributed by atoms with Crippen molar-refractivity contribution in [2.75, 3.05) is 6.61 Å². The number of halogens is 1. The Morgan fingerprint density at radius 2 is 2.21 bits per heavy atom. The molecule has 1 aromatic carbocycles. The van der Waals surface area contributed by atoms with Gasteiger partial charge in [0.05, 0.1) is 18.7 Å². The van der Waals surface area contributed by atoms with Crippen molar-refractivity contribution in [3.8, 4) is 11.5 Å². The van der Waals surface area contributed by atoms with Crippen LogP contribution >= 0.6 is 0 Å². The molecule has 0 aliphatic heterocycles. The van der Waals surface area contributed by atoms with E-state index in [2.05, 4.69) is 10.3 Å². The van der Waals surface area contributed by atoms with Gasteiger partial charge in [0.1, 0.15) is 12.1 Å². The molecule has 0 saturated heterocycles. The lowest BCUT2D eigenvalue weighted by Crippen LogP contribution is -2.45. The molecule has 1 aliphatic rings. The molecule has 1 heterocycles. The van der Waals surface area contributed by atoms with Crippen molar-refractivity contribution in [3.05, 3.63) is 42.0 Å². The minimum atomic E-state index is -0.326. The van der Waals surface area contributed by atoms with Gasteiger partial charge in [-0.2, -0.15) is 0 Å². The standard InChI is InChI=1S/C18H21FN2O3/c1-18(11-22)8-2-3-15(18)21-16(23)9-14-10-24-17(20-14)12-4-6-13(19)7-5-12/h4-7,10,15,22H,2-3,8-9,11H2,1H3,(H,21,23). The quantitative estimate of drug-likeness (QED) is 0.883. The number of nitrogens with zero attached hydrogens (tertiary/aromatic N) is 1. The molecule has 2 atom stereocenters. The molecule has 0 radical (unpaired) electrons. The Hall–Kier alpha value is -2.21. The second-order valence-corrected chi connectivity index (χ2v) is 6.65. The fraction of sp³-hybridized carbons (Fsp3) is 0.444. The molecule has 1 aromatic heterocycles. The topological polar surface area (TPSA) is 75.4 Å². The highest BCUT2D eigenvalue weighted by Gasteiger charge is 2.39. The molecule has 1 aliphatic carbocycles. The summed E-state index contributed by atoms with van der Waals surface area (Å²) in [5.41, 5.74) is 0.931. The molecule has 0 spiro atoms. The van der Waals surface area contributed by atoms with E-state index >= 15 is 0 Å². The minimum Gasteiger partial charge on any atom is -0.444 e. The first-order valence-corrected chi connectivity index (χ1v) is 8.11. The summed E-state index contributed by atoms with van der Waals surface area (Å²) >= 11 is 0. The summed E-state index contributed by atoms with van der Waals surface area (Å²) in [5, 5.41) is 12.5. The Bertz CT molecular complexity index is 713. The molecular weight excluding hydrogens is 311 g/mol. The van der Waals surface area contributed by atoms with Crippen LogP contribution in [0.15, 0.2) is 34.9 Å². The van der Waals surface area contributed by atoms with Gasteiger partial charge < -0.3 is 14.8 Å². The average Bonchev–Trinajstić information content (AvgIpc) is 3.16. The maximum atomic E-state index is 12.9. The van der Waals surface area contributed by atoms with Crippen LogP contribution in [0.25, 0.3) is 11.5 Å². The van der Waals surface area contributed by atoms with Crippen LogP contribution in [0.5, 0.6) is 0 Å². The van der Waals surface area contributed by atoms with Gasteiger partial charge >= 0.3 is 0 Å². The van der Waals surface area contributed by atoms with Crippen LogP contribution in [-0.2, 0) is 11.2 Å². The van der Waals surface area contributed by atoms with Gasteiger partial charge in [-0.15, -0.1) is 0 Å². The van der Waals surface area contributed by atoms with E-state index in [4.69, 9.17) is 4.42 Å². The molecule has 2 unspecified atom stereocenters. The van der Waals surface area contributed by atoms with Crippen LogP contribution in [0.2, 0.25) is 0 Å². The van der Waals surface area contributed by atoms with E-state index in [9.17, 15) is 14.3 Å². The molecule has 0 bridgehead atoms. The van der Waals surface area contributed by atoms with Gasteiger partial charge in [0.25, 0.3) is 0 Å². The van der Waals surface area contributed by atoms with Crippen LogP contribution in [-0.4, -0.2) is 28.6 Å². The van der Waals surface area contributed by atoms with Gasteiger partial charge in [0.15, 0.2) is 0 Å². The highest BCUT2D eigenvalue weighted by Crippen LogP contribution is 2.37. The molecule has 2 N–H and O–H groups in total. The fourth-order valence-electron chi connectivity index (χ4n) is 3.19. The normalized spacial score (nSPS) is 23.4. The van der Waals surface area contributed by atoms with E-state index in [1.807, 2.05) is 6.92 Å².